The van der Waals surface area contributed by atoms with Gasteiger partial charge in [-0.3, -0.25) is 0 Å². The Kier molecular flexibility index (Phi) is 5.90. The molecule has 1 aliphatic rings. The van der Waals surface area contributed by atoms with Crippen molar-refractivity contribution in [1.29, 1.82) is 0 Å². The summed E-state index contributed by atoms with van der Waals surface area (Å²) in [6, 6.07) is 0. The van der Waals surface area contributed by atoms with Gasteiger partial charge in [0.15, 0.2) is 6.29 Å². The number of hydrogen-bond donors (Lipinski definition) is 1. The zero-order chi connectivity index (χ0) is 12.9. The van der Waals surface area contributed by atoms with E-state index in [0.29, 0.717) is 6.10 Å². The lowest BCUT2D eigenvalue weighted by molar-refractivity contribution is -0.164. The quantitative estimate of drug-likeness (QED) is 0.807. The van der Waals surface area contributed by atoms with Crippen molar-refractivity contribution in [3.8, 4) is 0 Å². The molecule has 0 spiro atoms. The molecule has 0 amide bonds. The van der Waals surface area contributed by atoms with Gasteiger partial charge in [0, 0.05) is 0 Å². The zero-order valence-corrected chi connectivity index (χ0v) is 11.7. The highest BCUT2D eigenvalue weighted by molar-refractivity contribution is 4.68. The van der Waals surface area contributed by atoms with Crippen LogP contribution in [0, 0.1) is 0 Å². The molecule has 1 heterocycles. The monoisotopic (exact) mass is 244 g/mol. The largest absolute Gasteiger partial charge is 0.373 e. The van der Waals surface area contributed by atoms with Crippen LogP contribution in [0.2, 0.25) is 0 Å². The lowest BCUT2D eigenvalue weighted by Gasteiger charge is -2.28. The summed E-state index contributed by atoms with van der Waals surface area (Å²) in [5, 5.41) is 9.39. The lowest BCUT2D eigenvalue weighted by Crippen LogP contribution is -2.28. The molecule has 0 radical (unpaired) electrons. The maximum absolute atomic E-state index is 9.39. The molecule has 17 heavy (non-hydrogen) atoms. The first-order valence-electron chi connectivity index (χ1n) is 6.88. The minimum atomic E-state index is -0.531. The van der Waals surface area contributed by atoms with Crippen LogP contribution < -0.4 is 0 Å². The van der Waals surface area contributed by atoms with E-state index < -0.39 is 6.29 Å². The molecule has 0 aromatic carbocycles. The van der Waals surface area contributed by atoms with E-state index in [-0.39, 0.29) is 11.7 Å². The highest BCUT2D eigenvalue weighted by Gasteiger charge is 2.20. The molecule has 1 unspecified atom stereocenters. The van der Waals surface area contributed by atoms with Crippen LogP contribution in [0.3, 0.4) is 0 Å². The Bertz CT molecular complexity index is 210. The molecular formula is C14H28O3. The fourth-order valence-corrected chi connectivity index (χ4v) is 2.39. The summed E-state index contributed by atoms with van der Waals surface area (Å²) >= 11 is 0. The van der Waals surface area contributed by atoms with Gasteiger partial charge in [-0.25, -0.2) is 0 Å². The topological polar surface area (TPSA) is 38.7 Å². The van der Waals surface area contributed by atoms with Gasteiger partial charge < -0.3 is 14.6 Å². The predicted octanol–water partition coefficient (Wildman–Crippen LogP) is 3.25. The Balaban J connectivity index is 2.10. The second-order valence-electron chi connectivity index (χ2n) is 6.12. The van der Waals surface area contributed by atoms with Crippen LogP contribution in [0.25, 0.3) is 0 Å². The van der Waals surface area contributed by atoms with Crippen LogP contribution in [-0.2, 0) is 9.47 Å². The molecule has 0 aromatic rings. The molecule has 3 atom stereocenters. The number of hydrogen-bond acceptors (Lipinski definition) is 3. The van der Waals surface area contributed by atoms with Crippen molar-refractivity contribution in [2.24, 2.45) is 0 Å². The van der Waals surface area contributed by atoms with Crippen molar-refractivity contribution in [3.63, 3.8) is 0 Å². The minimum absolute atomic E-state index is 0.0586. The minimum Gasteiger partial charge on any atom is -0.373 e. The van der Waals surface area contributed by atoms with Gasteiger partial charge in [-0.1, -0.05) is 0 Å². The van der Waals surface area contributed by atoms with Crippen LogP contribution in [-0.4, -0.2) is 29.2 Å². The molecule has 1 rings (SSSR count). The molecular weight excluding hydrogens is 216 g/mol. The number of ether oxygens (including phenoxy) is 2. The molecule has 3 heteroatoms. The van der Waals surface area contributed by atoms with Gasteiger partial charge in [0.25, 0.3) is 0 Å². The van der Waals surface area contributed by atoms with E-state index in [0.717, 1.165) is 38.5 Å². The van der Waals surface area contributed by atoms with Crippen molar-refractivity contribution < 1.29 is 14.6 Å². The molecule has 1 N–H and O–H groups in total. The number of aliphatic hydroxyl groups is 1. The zero-order valence-electron chi connectivity index (χ0n) is 11.7. The van der Waals surface area contributed by atoms with Crippen molar-refractivity contribution in [3.05, 3.63) is 0 Å². The summed E-state index contributed by atoms with van der Waals surface area (Å²) in [7, 11) is 0. The van der Waals surface area contributed by atoms with Crippen LogP contribution in [0.5, 0.6) is 0 Å². The number of aliphatic hydroxyl groups excluding tert-OH is 1. The summed E-state index contributed by atoms with van der Waals surface area (Å²) < 4.78 is 11.3. The SMILES string of the molecule is C[C@H](CCC[C@H]1CCCC(O)O1)OC(C)(C)C. The average molecular weight is 244 g/mol. The maximum Gasteiger partial charge on any atom is 0.154 e. The lowest BCUT2D eigenvalue weighted by atomic mass is 10.0. The molecule has 1 saturated heterocycles. The van der Waals surface area contributed by atoms with Gasteiger partial charge in [-0.2, -0.15) is 0 Å². The van der Waals surface area contributed by atoms with Gasteiger partial charge in [-0.15, -0.1) is 0 Å². The van der Waals surface area contributed by atoms with E-state index in [1.165, 1.54) is 0 Å². The molecule has 1 fully saturated rings. The Hall–Kier alpha value is -0.120. The van der Waals surface area contributed by atoms with Crippen molar-refractivity contribution in [2.75, 3.05) is 0 Å². The van der Waals surface area contributed by atoms with Crippen LogP contribution >= 0.6 is 0 Å². The van der Waals surface area contributed by atoms with Gasteiger partial charge in [0.2, 0.25) is 0 Å². The predicted molar refractivity (Wildman–Crippen MR) is 68.9 cm³/mol. The number of rotatable bonds is 5. The standard InChI is InChI=1S/C14H28O3/c1-11(17-14(2,3)4)7-5-8-12-9-6-10-13(15)16-12/h11-13,15H,5-10H2,1-4H3/t11-,12+,13?/m1/s1. The summed E-state index contributed by atoms with van der Waals surface area (Å²) in [6.07, 6.45) is 6.18. The van der Waals surface area contributed by atoms with Crippen molar-refractivity contribution in [1.82, 2.24) is 0 Å². The highest BCUT2D eigenvalue weighted by atomic mass is 16.6. The first-order chi connectivity index (χ1) is 7.87. The van der Waals surface area contributed by atoms with Gasteiger partial charge in [0.05, 0.1) is 17.8 Å². The van der Waals surface area contributed by atoms with E-state index in [1.54, 1.807) is 0 Å². The van der Waals surface area contributed by atoms with Crippen LogP contribution in [0.4, 0.5) is 0 Å². The molecule has 0 saturated carbocycles. The highest BCUT2D eigenvalue weighted by Crippen LogP contribution is 2.22. The molecule has 0 bridgehead atoms. The van der Waals surface area contributed by atoms with Crippen molar-refractivity contribution >= 4 is 0 Å². The maximum atomic E-state index is 9.39. The molecule has 102 valence electrons. The van der Waals surface area contributed by atoms with Crippen molar-refractivity contribution in [2.45, 2.75) is 90.3 Å². The van der Waals surface area contributed by atoms with Gasteiger partial charge in [-0.05, 0) is 66.2 Å². The van der Waals surface area contributed by atoms with Crippen LogP contribution in [0.15, 0.2) is 0 Å². The Morgan fingerprint density at radius 1 is 1.35 bits per heavy atom. The third kappa shape index (κ3) is 7.02. The second kappa shape index (κ2) is 6.72. The molecule has 0 aliphatic carbocycles. The Morgan fingerprint density at radius 2 is 2.06 bits per heavy atom. The van der Waals surface area contributed by atoms with E-state index in [1.807, 2.05) is 0 Å². The fourth-order valence-electron chi connectivity index (χ4n) is 2.39. The Labute approximate surface area is 105 Å². The third-order valence-corrected chi connectivity index (χ3v) is 3.02. The van der Waals surface area contributed by atoms with Gasteiger partial charge >= 0.3 is 0 Å². The first-order valence-corrected chi connectivity index (χ1v) is 6.88. The molecule has 3 nitrogen and oxygen atoms in total. The summed E-state index contributed by atoms with van der Waals surface area (Å²) in [5.74, 6) is 0. The molecule has 0 aromatic heterocycles. The molecule has 1 aliphatic heterocycles. The van der Waals surface area contributed by atoms with Gasteiger partial charge in [0.1, 0.15) is 0 Å². The Morgan fingerprint density at radius 3 is 2.65 bits per heavy atom. The summed E-state index contributed by atoms with van der Waals surface area (Å²) in [4.78, 5) is 0. The summed E-state index contributed by atoms with van der Waals surface area (Å²) in [5.41, 5.74) is -0.0586. The smallest absolute Gasteiger partial charge is 0.154 e. The fraction of sp³-hybridized carbons (Fsp3) is 1.00. The average Bonchev–Trinajstić information content (AvgIpc) is 2.14. The van der Waals surface area contributed by atoms with E-state index in [2.05, 4.69) is 27.7 Å². The first kappa shape index (κ1) is 14.9. The van der Waals surface area contributed by atoms with E-state index >= 15 is 0 Å². The van der Waals surface area contributed by atoms with Crippen LogP contribution in [0.1, 0.15) is 66.2 Å². The normalized spacial score (nSPS) is 28.1. The second-order valence-corrected chi connectivity index (χ2v) is 6.12. The summed E-state index contributed by atoms with van der Waals surface area (Å²) in [6.45, 7) is 8.39. The third-order valence-electron chi connectivity index (χ3n) is 3.02. The van der Waals surface area contributed by atoms with E-state index in [9.17, 15) is 5.11 Å². The van der Waals surface area contributed by atoms with E-state index in [4.69, 9.17) is 9.47 Å².